The van der Waals surface area contributed by atoms with Crippen molar-refractivity contribution in [2.45, 2.75) is 38.3 Å². The Morgan fingerprint density at radius 3 is 1.19 bits per heavy atom. The van der Waals surface area contributed by atoms with Crippen LogP contribution < -0.4 is 15.9 Å². The van der Waals surface area contributed by atoms with Crippen molar-refractivity contribution in [3.05, 3.63) is 91.0 Å². The third-order valence-corrected chi connectivity index (χ3v) is 12.1. The van der Waals surface area contributed by atoms with Crippen LogP contribution >= 0.6 is 24.2 Å². The van der Waals surface area contributed by atoms with Crippen LogP contribution in [0.25, 0.3) is 0 Å². The van der Waals surface area contributed by atoms with Crippen molar-refractivity contribution in [3.8, 4) is 0 Å². The smallest absolute Gasteiger partial charge is 0.114 e. The van der Waals surface area contributed by atoms with Crippen molar-refractivity contribution in [2.24, 2.45) is 0 Å². The van der Waals surface area contributed by atoms with E-state index < -0.39 is 15.3 Å². The van der Waals surface area contributed by atoms with Crippen LogP contribution in [0.1, 0.15) is 6.92 Å². The van der Waals surface area contributed by atoms with E-state index in [-0.39, 0.29) is 17.0 Å². The quantitative estimate of drug-likeness (QED) is 0.301. The molecule has 0 amide bonds. The predicted octanol–water partition coefficient (Wildman–Crippen LogP) is 6.29. The number of rotatable bonds is 6. The molecule has 0 aromatic heterocycles. The maximum absolute atomic E-state index is 2.50. The second kappa shape index (κ2) is 9.32. The Labute approximate surface area is 177 Å². The molecule has 0 N–H and O–H groups in total. The molecule has 0 saturated carbocycles. The van der Waals surface area contributed by atoms with Gasteiger partial charge in [-0.15, -0.1) is 17.0 Å². The summed E-state index contributed by atoms with van der Waals surface area (Å²) in [7, 11) is -2.91. The Morgan fingerprint density at radius 1 is 0.630 bits per heavy atom. The number of halogens is 1. The highest BCUT2D eigenvalue weighted by atomic mass is 79.9. The van der Waals surface area contributed by atoms with Crippen LogP contribution in [-0.4, -0.2) is 13.7 Å². The third-order valence-electron chi connectivity index (χ3n) is 5.06. The van der Waals surface area contributed by atoms with Gasteiger partial charge in [0, 0.05) is 8.07 Å². The summed E-state index contributed by atoms with van der Waals surface area (Å²) in [6.45, 7) is 10.00. The lowest BCUT2D eigenvalue weighted by molar-refractivity contribution is 1.05. The van der Waals surface area contributed by atoms with Gasteiger partial charge in [0.05, 0.1) is 5.66 Å². The van der Waals surface area contributed by atoms with Crippen LogP contribution in [0.3, 0.4) is 0 Å². The Bertz CT molecular complexity index is 717. The molecule has 0 aliphatic rings. The highest BCUT2D eigenvalue weighted by Gasteiger charge is 2.51. The largest absolute Gasteiger partial charge is 0.114 e. The summed E-state index contributed by atoms with van der Waals surface area (Å²) in [5.41, 5.74) is 0.626. The van der Waals surface area contributed by atoms with Crippen molar-refractivity contribution in [3.63, 3.8) is 0 Å². The molecule has 0 spiro atoms. The summed E-state index contributed by atoms with van der Waals surface area (Å²) in [5, 5.41) is 4.51. The fourth-order valence-electron chi connectivity index (χ4n) is 4.22. The Kier molecular flexibility index (Phi) is 7.62. The van der Waals surface area contributed by atoms with E-state index in [9.17, 15) is 0 Å². The van der Waals surface area contributed by atoms with Crippen LogP contribution in [-0.2, 0) is 0 Å². The second-order valence-electron chi connectivity index (χ2n) is 8.34. The summed E-state index contributed by atoms with van der Waals surface area (Å²) in [5.74, 6) is 0. The van der Waals surface area contributed by atoms with Crippen LogP contribution in [0, 0.1) is 0 Å². The van der Waals surface area contributed by atoms with Crippen molar-refractivity contribution < 1.29 is 0 Å². The van der Waals surface area contributed by atoms with Gasteiger partial charge in [0.25, 0.3) is 0 Å². The van der Waals surface area contributed by atoms with Crippen molar-refractivity contribution in [1.82, 2.24) is 0 Å². The van der Waals surface area contributed by atoms with E-state index in [1.807, 2.05) is 0 Å². The molecule has 27 heavy (non-hydrogen) atoms. The molecule has 142 valence electrons. The number of hydrogen-bond acceptors (Lipinski definition) is 0. The molecule has 0 fully saturated rings. The summed E-state index contributed by atoms with van der Waals surface area (Å²) >= 11 is 0. The first-order valence-electron chi connectivity index (χ1n) is 9.50. The van der Waals surface area contributed by atoms with Crippen LogP contribution in [0.5, 0.6) is 0 Å². The van der Waals surface area contributed by atoms with Gasteiger partial charge in [0.1, 0.15) is 23.2 Å². The van der Waals surface area contributed by atoms with E-state index >= 15 is 0 Å². The minimum atomic E-state index is -1.71. The monoisotopic (exact) mass is 457 g/mol. The van der Waals surface area contributed by atoms with Gasteiger partial charge in [0.2, 0.25) is 0 Å². The summed E-state index contributed by atoms with van der Waals surface area (Å²) < 4.78 is 0. The second-order valence-corrected chi connectivity index (χ2v) is 17.7. The molecule has 3 aromatic carbocycles. The predicted molar refractivity (Wildman–Crippen MR) is 133 cm³/mol. The van der Waals surface area contributed by atoms with Gasteiger partial charge in [-0.05, 0) is 49.4 Å². The molecule has 0 heterocycles. The summed E-state index contributed by atoms with van der Waals surface area (Å²) in [4.78, 5) is 0. The van der Waals surface area contributed by atoms with Gasteiger partial charge >= 0.3 is 0 Å². The van der Waals surface area contributed by atoms with Gasteiger partial charge in [-0.3, -0.25) is 0 Å². The standard InChI is InChI=1S/C24H30PSi.BrH/c1-21(20-26(2,3)4)25(22-14-8-5-9-15-22,23-16-10-6-11-17-23)24-18-12-7-13-19-24;/h5-19,21H,20H2,1-4H3;1H/q+1;. The minimum Gasteiger partial charge on any atom is -0.114 e. The first-order valence-corrected chi connectivity index (χ1v) is 15.1. The summed E-state index contributed by atoms with van der Waals surface area (Å²) in [6, 6.07) is 35.1. The van der Waals surface area contributed by atoms with Crippen LogP contribution in [0.15, 0.2) is 91.0 Å². The SMILES string of the molecule is Br.CC(C[Si](C)(C)C)[P+](c1ccccc1)(c1ccccc1)c1ccccc1. The normalized spacial score (nSPS) is 12.9. The van der Waals surface area contributed by atoms with Crippen LogP contribution in [0.2, 0.25) is 25.7 Å². The van der Waals surface area contributed by atoms with E-state index in [1.165, 1.54) is 22.0 Å². The Balaban J connectivity index is 0.00000261. The lowest BCUT2D eigenvalue weighted by Gasteiger charge is -2.35. The highest BCUT2D eigenvalue weighted by molar-refractivity contribution is 8.93. The highest BCUT2D eigenvalue weighted by Crippen LogP contribution is 2.61. The Hall–Kier alpha value is -1.21. The first-order chi connectivity index (χ1) is 12.4. The molecule has 0 saturated heterocycles. The lowest BCUT2D eigenvalue weighted by atomic mass is 10.3. The van der Waals surface area contributed by atoms with E-state index in [0.717, 1.165) is 0 Å². The maximum atomic E-state index is 2.50. The third kappa shape index (κ3) is 4.80. The molecule has 1 unspecified atom stereocenters. The summed E-state index contributed by atoms with van der Waals surface area (Å²) in [6.07, 6.45) is 0. The van der Waals surface area contributed by atoms with E-state index in [4.69, 9.17) is 0 Å². The average molecular weight is 458 g/mol. The molecule has 3 rings (SSSR count). The zero-order valence-corrected chi connectivity index (χ0v) is 20.4. The van der Waals surface area contributed by atoms with Crippen molar-refractivity contribution in [1.29, 1.82) is 0 Å². The Morgan fingerprint density at radius 2 is 0.926 bits per heavy atom. The maximum Gasteiger partial charge on any atom is 0.114 e. The molecule has 3 aromatic rings. The van der Waals surface area contributed by atoms with Gasteiger partial charge < -0.3 is 0 Å². The van der Waals surface area contributed by atoms with E-state index in [2.05, 4.69) is 118 Å². The molecule has 0 nitrogen and oxygen atoms in total. The van der Waals surface area contributed by atoms with Crippen molar-refractivity contribution in [2.75, 3.05) is 0 Å². The molecule has 3 heteroatoms. The molecule has 0 bridgehead atoms. The van der Waals surface area contributed by atoms with Crippen LogP contribution in [0.4, 0.5) is 0 Å². The van der Waals surface area contributed by atoms with Gasteiger partial charge in [-0.2, -0.15) is 0 Å². The molecular weight excluding hydrogens is 427 g/mol. The van der Waals surface area contributed by atoms with E-state index in [0.29, 0.717) is 5.66 Å². The van der Waals surface area contributed by atoms with Crippen molar-refractivity contribution >= 4 is 48.2 Å². The zero-order valence-electron chi connectivity index (χ0n) is 16.8. The molecule has 0 aliphatic carbocycles. The molecule has 0 radical (unpaired) electrons. The molecule has 0 aliphatic heterocycles. The fraction of sp³-hybridized carbons (Fsp3) is 0.250. The first kappa shape index (κ1) is 22.1. The molecule has 1 atom stereocenters. The van der Waals surface area contributed by atoms with Gasteiger partial charge in [-0.1, -0.05) is 74.2 Å². The molecular formula is C24H31BrPSi+. The average Bonchev–Trinajstić information content (AvgIpc) is 2.64. The minimum absolute atomic E-state index is 0. The fourth-order valence-corrected chi connectivity index (χ4v) is 13.1. The zero-order chi connectivity index (χ0) is 18.6. The topological polar surface area (TPSA) is 0 Å². The number of hydrogen-bond donors (Lipinski definition) is 0. The van der Waals surface area contributed by atoms with Gasteiger partial charge in [-0.25, -0.2) is 0 Å². The van der Waals surface area contributed by atoms with Gasteiger partial charge in [0.15, 0.2) is 0 Å². The lowest BCUT2D eigenvalue weighted by Crippen LogP contribution is -2.40. The van der Waals surface area contributed by atoms with E-state index in [1.54, 1.807) is 0 Å². The number of benzene rings is 3.